The minimum absolute atomic E-state index is 0.0534. The van der Waals surface area contributed by atoms with E-state index in [4.69, 9.17) is 5.11 Å². The Hall–Kier alpha value is -1.86. The molecule has 4 heteroatoms. The summed E-state index contributed by atoms with van der Waals surface area (Å²) in [6.07, 6.45) is 3.76. The lowest BCUT2D eigenvalue weighted by Crippen LogP contribution is -2.40. The van der Waals surface area contributed by atoms with Gasteiger partial charge in [-0.25, -0.2) is 4.39 Å². The summed E-state index contributed by atoms with van der Waals surface area (Å²) in [4.78, 5) is 12.2. The molecule has 0 bridgehead atoms. The van der Waals surface area contributed by atoms with Crippen LogP contribution in [0.25, 0.3) is 0 Å². The van der Waals surface area contributed by atoms with Crippen LogP contribution in [0.15, 0.2) is 18.2 Å². The van der Waals surface area contributed by atoms with Gasteiger partial charge in [-0.05, 0) is 36.5 Å². The fourth-order valence-electron chi connectivity index (χ4n) is 2.38. The summed E-state index contributed by atoms with van der Waals surface area (Å²) >= 11 is 0. The SMILES string of the molecule is CC1(CNC(=O)c2ccc(F)cc2C#CCCO)CCC1. The number of amides is 1. The first-order chi connectivity index (χ1) is 10.0. The molecule has 0 aliphatic heterocycles. The van der Waals surface area contributed by atoms with Gasteiger partial charge in [-0.15, -0.1) is 0 Å². The van der Waals surface area contributed by atoms with Crippen molar-refractivity contribution in [1.82, 2.24) is 5.32 Å². The molecule has 0 atom stereocenters. The zero-order chi connectivity index (χ0) is 15.3. The number of carbonyl (C=O) groups excluding carboxylic acids is 1. The van der Waals surface area contributed by atoms with Gasteiger partial charge in [0.2, 0.25) is 0 Å². The average Bonchev–Trinajstić information content (AvgIpc) is 2.43. The van der Waals surface area contributed by atoms with Crippen molar-refractivity contribution in [3.05, 3.63) is 35.1 Å². The third-order valence-electron chi connectivity index (χ3n) is 3.92. The van der Waals surface area contributed by atoms with Crippen LogP contribution in [-0.2, 0) is 0 Å². The minimum Gasteiger partial charge on any atom is -0.395 e. The highest BCUT2D eigenvalue weighted by molar-refractivity contribution is 5.96. The fourth-order valence-corrected chi connectivity index (χ4v) is 2.38. The zero-order valence-electron chi connectivity index (χ0n) is 12.2. The van der Waals surface area contributed by atoms with Crippen LogP contribution in [-0.4, -0.2) is 24.2 Å². The summed E-state index contributed by atoms with van der Waals surface area (Å²) < 4.78 is 13.3. The molecule has 21 heavy (non-hydrogen) atoms. The van der Waals surface area contributed by atoms with Gasteiger partial charge in [0, 0.05) is 18.5 Å². The molecule has 112 valence electrons. The normalized spacial score (nSPS) is 15.6. The predicted molar refractivity (Wildman–Crippen MR) is 79.3 cm³/mol. The number of hydrogen-bond acceptors (Lipinski definition) is 2. The Morgan fingerprint density at radius 1 is 1.48 bits per heavy atom. The van der Waals surface area contributed by atoms with Gasteiger partial charge in [0.05, 0.1) is 12.2 Å². The minimum atomic E-state index is -0.425. The van der Waals surface area contributed by atoms with Crippen molar-refractivity contribution in [3.8, 4) is 11.8 Å². The molecule has 3 nitrogen and oxygen atoms in total. The molecule has 1 aromatic rings. The Balaban J connectivity index is 2.10. The lowest BCUT2D eigenvalue weighted by Gasteiger charge is -2.38. The Kier molecular flexibility index (Phi) is 4.98. The molecule has 0 heterocycles. The summed E-state index contributed by atoms with van der Waals surface area (Å²) in [5.41, 5.74) is 0.933. The highest BCUT2D eigenvalue weighted by Gasteiger charge is 2.32. The van der Waals surface area contributed by atoms with Crippen LogP contribution >= 0.6 is 0 Å². The number of benzene rings is 1. The van der Waals surface area contributed by atoms with E-state index in [-0.39, 0.29) is 17.9 Å². The van der Waals surface area contributed by atoms with Gasteiger partial charge >= 0.3 is 0 Å². The second-order valence-corrected chi connectivity index (χ2v) is 5.81. The lowest BCUT2D eigenvalue weighted by atomic mass is 9.70. The number of aliphatic hydroxyl groups excluding tert-OH is 1. The molecular formula is C17H20FNO2. The molecule has 1 aliphatic carbocycles. The molecular weight excluding hydrogens is 269 g/mol. The number of carbonyl (C=O) groups is 1. The first-order valence-electron chi connectivity index (χ1n) is 7.22. The zero-order valence-corrected chi connectivity index (χ0v) is 12.2. The smallest absolute Gasteiger partial charge is 0.252 e. The van der Waals surface area contributed by atoms with Crippen LogP contribution in [0.1, 0.15) is 48.5 Å². The first-order valence-corrected chi connectivity index (χ1v) is 7.22. The standard InChI is InChI=1S/C17H20FNO2/c1-17(8-4-9-17)12-19-16(21)15-7-6-14(18)11-13(15)5-2-3-10-20/h6-7,11,20H,3-4,8-10,12H2,1H3,(H,19,21). The quantitative estimate of drug-likeness (QED) is 0.837. The molecule has 0 spiro atoms. The fraction of sp³-hybridized carbons (Fsp3) is 0.471. The second-order valence-electron chi connectivity index (χ2n) is 5.81. The molecule has 0 aromatic heterocycles. The number of halogens is 1. The maximum atomic E-state index is 13.3. The summed E-state index contributed by atoms with van der Waals surface area (Å²) in [5, 5.41) is 11.6. The van der Waals surface area contributed by atoms with Crippen molar-refractivity contribution in [3.63, 3.8) is 0 Å². The molecule has 0 unspecified atom stereocenters. The summed E-state index contributed by atoms with van der Waals surface area (Å²) in [6.45, 7) is 2.73. The first kappa shape index (κ1) is 15.5. The number of nitrogens with one attached hydrogen (secondary N) is 1. The van der Waals surface area contributed by atoms with Gasteiger partial charge in [0.15, 0.2) is 0 Å². The van der Waals surface area contributed by atoms with E-state index < -0.39 is 5.82 Å². The Morgan fingerprint density at radius 2 is 2.24 bits per heavy atom. The summed E-state index contributed by atoms with van der Waals surface area (Å²) in [7, 11) is 0. The second kappa shape index (κ2) is 6.73. The summed E-state index contributed by atoms with van der Waals surface area (Å²) in [6, 6.07) is 3.97. The van der Waals surface area contributed by atoms with E-state index in [0.29, 0.717) is 24.1 Å². The van der Waals surface area contributed by atoms with Crippen molar-refractivity contribution in [2.75, 3.05) is 13.2 Å². The van der Waals surface area contributed by atoms with Gasteiger partial charge in [-0.1, -0.05) is 25.2 Å². The van der Waals surface area contributed by atoms with E-state index in [1.54, 1.807) is 0 Å². The molecule has 1 aliphatic rings. The van der Waals surface area contributed by atoms with Crippen molar-refractivity contribution >= 4 is 5.91 Å². The van der Waals surface area contributed by atoms with Crippen LogP contribution in [0.3, 0.4) is 0 Å². The Morgan fingerprint density at radius 3 is 2.86 bits per heavy atom. The van der Waals surface area contributed by atoms with Crippen molar-refractivity contribution in [1.29, 1.82) is 0 Å². The van der Waals surface area contributed by atoms with Crippen molar-refractivity contribution < 1.29 is 14.3 Å². The molecule has 1 saturated carbocycles. The maximum Gasteiger partial charge on any atom is 0.252 e. The van der Waals surface area contributed by atoms with Crippen molar-refractivity contribution in [2.24, 2.45) is 5.41 Å². The van der Waals surface area contributed by atoms with E-state index in [1.165, 1.54) is 24.6 Å². The highest BCUT2D eigenvalue weighted by atomic mass is 19.1. The predicted octanol–water partition coefficient (Wildman–Crippen LogP) is 2.48. The largest absolute Gasteiger partial charge is 0.395 e. The monoisotopic (exact) mass is 289 g/mol. The Labute approximate surface area is 124 Å². The van der Waals surface area contributed by atoms with E-state index >= 15 is 0 Å². The maximum absolute atomic E-state index is 13.3. The molecule has 2 N–H and O–H groups in total. The van der Waals surface area contributed by atoms with E-state index in [1.807, 2.05) is 0 Å². The van der Waals surface area contributed by atoms with Crippen molar-refractivity contribution in [2.45, 2.75) is 32.6 Å². The number of aliphatic hydroxyl groups is 1. The van der Waals surface area contributed by atoms with E-state index in [0.717, 1.165) is 12.8 Å². The molecule has 2 rings (SSSR count). The molecule has 1 aromatic carbocycles. The molecule has 0 radical (unpaired) electrons. The van der Waals surface area contributed by atoms with Gasteiger partial charge in [-0.2, -0.15) is 0 Å². The average molecular weight is 289 g/mol. The summed E-state index contributed by atoms with van der Waals surface area (Å²) in [5.74, 6) is 4.82. The molecule has 1 fully saturated rings. The molecule has 1 amide bonds. The number of rotatable bonds is 4. The van der Waals surface area contributed by atoms with Gasteiger partial charge in [0.1, 0.15) is 5.82 Å². The van der Waals surface area contributed by atoms with Crippen LogP contribution in [0.2, 0.25) is 0 Å². The topological polar surface area (TPSA) is 49.3 Å². The van der Waals surface area contributed by atoms with Gasteiger partial charge < -0.3 is 10.4 Å². The third kappa shape index (κ3) is 4.05. The Bertz CT molecular complexity index is 582. The van der Waals surface area contributed by atoms with Crippen LogP contribution < -0.4 is 5.32 Å². The van der Waals surface area contributed by atoms with Gasteiger partial charge in [0.25, 0.3) is 5.91 Å². The third-order valence-corrected chi connectivity index (χ3v) is 3.92. The van der Waals surface area contributed by atoms with Crippen LogP contribution in [0, 0.1) is 23.1 Å². The van der Waals surface area contributed by atoms with Crippen LogP contribution in [0.5, 0.6) is 0 Å². The van der Waals surface area contributed by atoms with E-state index in [9.17, 15) is 9.18 Å². The van der Waals surface area contributed by atoms with E-state index in [2.05, 4.69) is 24.1 Å². The van der Waals surface area contributed by atoms with Gasteiger partial charge in [-0.3, -0.25) is 4.79 Å². The van der Waals surface area contributed by atoms with Crippen LogP contribution in [0.4, 0.5) is 4.39 Å². The number of hydrogen-bond donors (Lipinski definition) is 2. The molecule has 0 saturated heterocycles. The lowest BCUT2D eigenvalue weighted by molar-refractivity contribution is 0.0890. The highest BCUT2D eigenvalue weighted by Crippen LogP contribution is 2.39.